The molecule has 3 rings (SSSR count). The first kappa shape index (κ1) is 23.1. The van der Waals surface area contributed by atoms with Gasteiger partial charge in [0.1, 0.15) is 11.4 Å². The van der Waals surface area contributed by atoms with Crippen LogP contribution in [0.15, 0.2) is 42.5 Å². The summed E-state index contributed by atoms with van der Waals surface area (Å²) in [6.07, 6.45) is 1.98. The normalized spacial score (nSPS) is 14.0. The summed E-state index contributed by atoms with van der Waals surface area (Å²) in [4.78, 5) is 38.9. The van der Waals surface area contributed by atoms with E-state index in [9.17, 15) is 19.7 Å². The minimum absolute atomic E-state index is 0.0680. The Labute approximate surface area is 187 Å². The zero-order valence-corrected chi connectivity index (χ0v) is 18.5. The summed E-state index contributed by atoms with van der Waals surface area (Å²) in [5, 5.41) is 14.4. The van der Waals surface area contributed by atoms with Gasteiger partial charge in [-0.05, 0) is 55.2 Å². The maximum absolute atomic E-state index is 12.7. The van der Waals surface area contributed by atoms with Crippen molar-refractivity contribution in [1.82, 2.24) is 4.90 Å². The van der Waals surface area contributed by atoms with E-state index >= 15 is 0 Å². The van der Waals surface area contributed by atoms with Gasteiger partial charge in [-0.1, -0.05) is 6.92 Å². The van der Waals surface area contributed by atoms with E-state index in [0.717, 1.165) is 25.9 Å². The molecule has 170 valence electrons. The van der Waals surface area contributed by atoms with Crippen LogP contribution in [-0.2, 0) is 4.79 Å². The van der Waals surface area contributed by atoms with Gasteiger partial charge in [0.05, 0.1) is 4.92 Å². The van der Waals surface area contributed by atoms with Crippen molar-refractivity contribution < 1.29 is 19.2 Å². The number of piperidine rings is 1. The Bertz CT molecular complexity index is 982. The molecule has 0 aliphatic carbocycles. The molecule has 0 aromatic heterocycles. The third-order valence-electron chi connectivity index (χ3n) is 5.53. The van der Waals surface area contributed by atoms with Gasteiger partial charge in [0.15, 0.2) is 6.61 Å². The lowest BCUT2D eigenvalue weighted by Crippen LogP contribution is -2.33. The number of anilines is 2. The van der Waals surface area contributed by atoms with E-state index in [-0.39, 0.29) is 23.8 Å². The van der Waals surface area contributed by atoms with Gasteiger partial charge < -0.3 is 19.9 Å². The van der Waals surface area contributed by atoms with E-state index < -0.39 is 10.8 Å². The number of hydrogen-bond donors (Lipinski definition) is 1. The Morgan fingerprint density at radius 2 is 1.81 bits per heavy atom. The summed E-state index contributed by atoms with van der Waals surface area (Å²) in [5.41, 5.74) is 1.20. The van der Waals surface area contributed by atoms with Crippen LogP contribution in [0.25, 0.3) is 0 Å². The Kier molecular flexibility index (Phi) is 7.29. The summed E-state index contributed by atoms with van der Waals surface area (Å²) in [6, 6.07) is 11.2. The molecule has 0 radical (unpaired) electrons. The summed E-state index contributed by atoms with van der Waals surface area (Å²) in [6.45, 7) is 3.63. The number of carbonyl (C=O) groups excluding carboxylic acids is 2. The van der Waals surface area contributed by atoms with Gasteiger partial charge in [0.25, 0.3) is 17.5 Å². The smallest absolute Gasteiger partial charge is 0.293 e. The van der Waals surface area contributed by atoms with Gasteiger partial charge in [-0.25, -0.2) is 0 Å². The highest BCUT2D eigenvalue weighted by molar-refractivity contribution is 6.05. The van der Waals surface area contributed by atoms with Crippen molar-refractivity contribution in [2.45, 2.75) is 19.8 Å². The summed E-state index contributed by atoms with van der Waals surface area (Å²) >= 11 is 0. The monoisotopic (exact) mass is 440 g/mol. The van der Waals surface area contributed by atoms with Gasteiger partial charge in [-0.15, -0.1) is 0 Å². The third-order valence-corrected chi connectivity index (χ3v) is 5.53. The van der Waals surface area contributed by atoms with Gasteiger partial charge in [-0.2, -0.15) is 0 Å². The average molecular weight is 441 g/mol. The van der Waals surface area contributed by atoms with Crippen LogP contribution in [0, 0.1) is 16.0 Å². The maximum atomic E-state index is 12.7. The number of nitro benzene ring substituents is 1. The van der Waals surface area contributed by atoms with E-state index in [0.29, 0.717) is 23.0 Å². The SMILES string of the molecule is CC1CCN(c2ccc(C(=O)Nc3ccc(OCC(=O)N(C)C)cc3)cc2[N+](=O)[O-])CC1. The molecule has 0 bridgehead atoms. The topological polar surface area (TPSA) is 105 Å². The molecule has 1 aliphatic rings. The zero-order valence-electron chi connectivity index (χ0n) is 18.5. The van der Waals surface area contributed by atoms with E-state index in [1.807, 2.05) is 4.90 Å². The largest absolute Gasteiger partial charge is 0.484 e. The lowest BCUT2D eigenvalue weighted by molar-refractivity contribution is -0.384. The van der Waals surface area contributed by atoms with E-state index in [4.69, 9.17) is 4.74 Å². The predicted octanol–water partition coefficient (Wildman–Crippen LogP) is 3.55. The fourth-order valence-corrected chi connectivity index (χ4v) is 3.44. The highest BCUT2D eigenvalue weighted by atomic mass is 16.6. The summed E-state index contributed by atoms with van der Waals surface area (Å²) in [7, 11) is 3.29. The Hall–Kier alpha value is -3.62. The van der Waals surface area contributed by atoms with Crippen molar-refractivity contribution in [3.8, 4) is 5.75 Å². The number of ether oxygens (including phenoxy) is 1. The van der Waals surface area contributed by atoms with Crippen LogP contribution < -0.4 is 15.0 Å². The number of nitrogens with zero attached hydrogens (tertiary/aromatic N) is 3. The quantitative estimate of drug-likeness (QED) is 0.521. The first-order valence-corrected chi connectivity index (χ1v) is 10.5. The molecular formula is C23H28N4O5. The Morgan fingerprint density at radius 3 is 2.41 bits per heavy atom. The summed E-state index contributed by atoms with van der Waals surface area (Å²) < 4.78 is 5.41. The van der Waals surface area contributed by atoms with Crippen LogP contribution in [-0.4, -0.2) is 55.4 Å². The minimum Gasteiger partial charge on any atom is -0.484 e. The average Bonchev–Trinajstić information content (AvgIpc) is 2.78. The molecule has 1 N–H and O–H groups in total. The predicted molar refractivity (Wildman–Crippen MR) is 122 cm³/mol. The molecule has 0 spiro atoms. The second-order valence-electron chi connectivity index (χ2n) is 8.19. The van der Waals surface area contributed by atoms with Crippen LogP contribution in [0.4, 0.5) is 17.1 Å². The number of benzene rings is 2. The van der Waals surface area contributed by atoms with E-state index in [1.54, 1.807) is 50.5 Å². The molecule has 2 aromatic carbocycles. The molecule has 0 atom stereocenters. The number of rotatable bonds is 7. The molecular weight excluding hydrogens is 412 g/mol. The van der Waals surface area contributed by atoms with Crippen molar-refractivity contribution in [3.63, 3.8) is 0 Å². The van der Waals surface area contributed by atoms with Crippen molar-refractivity contribution in [1.29, 1.82) is 0 Å². The number of likely N-dealkylation sites (N-methyl/N-ethyl adjacent to an activating group) is 1. The van der Waals surface area contributed by atoms with Crippen LogP contribution >= 0.6 is 0 Å². The first-order chi connectivity index (χ1) is 15.2. The number of nitrogens with one attached hydrogen (secondary N) is 1. The molecule has 9 heteroatoms. The van der Waals surface area contributed by atoms with Crippen molar-refractivity contribution in [2.75, 3.05) is 44.0 Å². The first-order valence-electron chi connectivity index (χ1n) is 10.5. The second-order valence-corrected chi connectivity index (χ2v) is 8.19. The van der Waals surface area contributed by atoms with Crippen LogP contribution in [0.2, 0.25) is 0 Å². The molecule has 2 aromatic rings. The highest BCUT2D eigenvalue weighted by Gasteiger charge is 2.24. The molecule has 1 fully saturated rings. The lowest BCUT2D eigenvalue weighted by atomic mass is 9.98. The van der Waals surface area contributed by atoms with Crippen molar-refractivity contribution in [2.24, 2.45) is 5.92 Å². The molecule has 2 amide bonds. The third kappa shape index (κ3) is 5.75. The lowest BCUT2D eigenvalue weighted by Gasteiger charge is -2.31. The molecule has 0 saturated carbocycles. The minimum atomic E-state index is -0.441. The summed E-state index contributed by atoms with van der Waals surface area (Å²) in [5.74, 6) is 0.504. The molecule has 1 aliphatic heterocycles. The molecule has 32 heavy (non-hydrogen) atoms. The van der Waals surface area contributed by atoms with Crippen LogP contribution in [0.1, 0.15) is 30.1 Å². The van der Waals surface area contributed by atoms with Crippen LogP contribution in [0.5, 0.6) is 5.75 Å². The van der Waals surface area contributed by atoms with Gasteiger partial charge in [0, 0.05) is 44.5 Å². The van der Waals surface area contributed by atoms with E-state index in [2.05, 4.69) is 12.2 Å². The highest BCUT2D eigenvalue weighted by Crippen LogP contribution is 2.32. The second kappa shape index (κ2) is 10.1. The maximum Gasteiger partial charge on any atom is 0.293 e. The fraction of sp³-hybridized carbons (Fsp3) is 0.391. The van der Waals surface area contributed by atoms with E-state index in [1.165, 1.54) is 11.0 Å². The number of amides is 2. The fourth-order valence-electron chi connectivity index (χ4n) is 3.44. The molecule has 0 unspecified atom stereocenters. The van der Waals surface area contributed by atoms with Gasteiger partial charge in [-0.3, -0.25) is 19.7 Å². The Morgan fingerprint density at radius 1 is 1.16 bits per heavy atom. The standard InChI is InChI=1S/C23H28N4O5/c1-16-10-12-26(13-11-16)20-9-4-17(14-21(20)27(30)31)23(29)24-18-5-7-19(8-6-18)32-15-22(28)25(2)3/h4-9,14,16H,10-13,15H2,1-3H3,(H,24,29). The van der Waals surface area contributed by atoms with Crippen LogP contribution in [0.3, 0.4) is 0 Å². The van der Waals surface area contributed by atoms with Crippen molar-refractivity contribution >= 4 is 28.9 Å². The molecule has 1 saturated heterocycles. The number of hydrogen-bond acceptors (Lipinski definition) is 6. The zero-order chi connectivity index (χ0) is 23.3. The van der Waals surface area contributed by atoms with Gasteiger partial charge in [0.2, 0.25) is 0 Å². The van der Waals surface area contributed by atoms with Gasteiger partial charge >= 0.3 is 0 Å². The Balaban J connectivity index is 1.67. The molecule has 9 nitrogen and oxygen atoms in total. The molecule has 1 heterocycles. The number of carbonyl (C=O) groups is 2. The number of nitro groups is 1. The van der Waals surface area contributed by atoms with Crippen molar-refractivity contribution in [3.05, 3.63) is 58.1 Å².